The van der Waals surface area contributed by atoms with Gasteiger partial charge >= 0.3 is 0 Å². The van der Waals surface area contributed by atoms with Gasteiger partial charge < -0.3 is 0 Å². The Balaban J connectivity index is 2.30. The third-order valence-corrected chi connectivity index (χ3v) is 2.59. The van der Waals surface area contributed by atoms with E-state index in [1.165, 1.54) is 0 Å². The maximum absolute atomic E-state index is 8.87. The van der Waals surface area contributed by atoms with E-state index >= 15 is 0 Å². The van der Waals surface area contributed by atoms with E-state index in [1.54, 1.807) is 11.7 Å². The predicted molar refractivity (Wildman–Crippen MR) is 60.0 cm³/mol. The Hall–Kier alpha value is -1.86. The number of nitriles is 1. The van der Waals surface area contributed by atoms with Crippen LogP contribution in [0.3, 0.4) is 0 Å². The molecule has 0 N–H and O–H groups in total. The number of aryl methyl sites for hydroxylation is 1. The SMILES string of the molecule is Cn1nnc(C#N)c1Cc1ccc(Cl)cc1. The topological polar surface area (TPSA) is 54.5 Å². The summed E-state index contributed by atoms with van der Waals surface area (Å²) in [5, 5.41) is 17.2. The summed E-state index contributed by atoms with van der Waals surface area (Å²) in [4.78, 5) is 0. The third kappa shape index (κ3) is 2.05. The molecule has 0 aliphatic carbocycles. The predicted octanol–water partition coefficient (Wildman–Crippen LogP) is 1.93. The number of nitrogens with zero attached hydrogens (tertiary/aromatic N) is 4. The lowest BCUT2D eigenvalue weighted by Gasteiger charge is -2.01. The summed E-state index contributed by atoms with van der Waals surface area (Å²) < 4.78 is 1.62. The second-order valence-electron chi connectivity index (χ2n) is 3.42. The van der Waals surface area contributed by atoms with Crippen molar-refractivity contribution in [3.63, 3.8) is 0 Å². The van der Waals surface area contributed by atoms with E-state index in [4.69, 9.17) is 16.9 Å². The maximum atomic E-state index is 8.87. The molecule has 2 rings (SSSR count). The van der Waals surface area contributed by atoms with E-state index in [0.717, 1.165) is 11.3 Å². The highest BCUT2D eigenvalue weighted by molar-refractivity contribution is 6.30. The molecule has 0 aliphatic rings. The lowest BCUT2D eigenvalue weighted by Crippen LogP contribution is -2.00. The molecular weight excluding hydrogens is 224 g/mol. The van der Waals surface area contributed by atoms with Crippen molar-refractivity contribution in [1.82, 2.24) is 15.0 Å². The minimum Gasteiger partial charge on any atom is -0.251 e. The second-order valence-corrected chi connectivity index (χ2v) is 3.86. The first-order valence-corrected chi connectivity index (χ1v) is 5.11. The number of rotatable bonds is 2. The van der Waals surface area contributed by atoms with Crippen molar-refractivity contribution in [2.24, 2.45) is 7.05 Å². The number of aromatic nitrogens is 3. The average molecular weight is 233 g/mol. The summed E-state index contributed by atoms with van der Waals surface area (Å²) in [7, 11) is 1.78. The molecule has 0 aliphatic heterocycles. The van der Waals surface area contributed by atoms with Gasteiger partial charge in [-0.15, -0.1) is 5.10 Å². The first-order chi connectivity index (χ1) is 7.70. The van der Waals surface area contributed by atoms with Crippen LogP contribution >= 0.6 is 11.6 Å². The molecular formula is C11H9ClN4. The van der Waals surface area contributed by atoms with Gasteiger partial charge in [-0.25, -0.2) is 0 Å². The van der Waals surface area contributed by atoms with Gasteiger partial charge in [0.2, 0.25) is 0 Å². The summed E-state index contributed by atoms with van der Waals surface area (Å²) >= 11 is 5.80. The Kier molecular flexibility index (Phi) is 2.88. The highest BCUT2D eigenvalue weighted by Gasteiger charge is 2.10. The highest BCUT2D eigenvalue weighted by Crippen LogP contribution is 2.14. The van der Waals surface area contributed by atoms with Crippen molar-refractivity contribution in [3.8, 4) is 6.07 Å². The number of hydrogen-bond donors (Lipinski definition) is 0. The summed E-state index contributed by atoms with van der Waals surface area (Å²) in [6.45, 7) is 0. The molecule has 4 nitrogen and oxygen atoms in total. The third-order valence-electron chi connectivity index (χ3n) is 2.33. The van der Waals surface area contributed by atoms with Crippen LogP contribution in [0.1, 0.15) is 17.0 Å². The van der Waals surface area contributed by atoms with Crippen molar-refractivity contribution >= 4 is 11.6 Å². The van der Waals surface area contributed by atoms with Crippen LogP contribution in [0.25, 0.3) is 0 Å². The van der Waals surface area contributed by atoms with Gasteiger partial charge in [-0.3, -0.25) is 4.68 Å². The molecule has 5 heteroatoms. The Morgan fingerprint density at radius 3 is 2.69 bits per heavy atom. The normalized spacial score (nSPS) is 10.1. The molecule has 1 aromatic heterocycles. The van der Waals surface area contributed by atoms with Gasteiger partial charge in [-0.1, -0.05) is 28.9 Å². The summed E-state index contributed by atoms with van der Waals surface area (Å²) in [5.41, 5.74) is 2.26. The molecule has 0 atom stereocenters. The first-order valence-electron chi connectivity index (χ1n) is 4.74. The summed E-state index contributed by atoms with van der Waals surface area (Å²) in [6.07, 6.45) is 0.629. The van der Waals surface area contributed by atoms with Gasteiger partial charge in [0.25, 0.3) is 0 Å². The van der Waals surface area contributed by atoms with Crippen molar-refractivity contribution in [2.75, 3.05) is 0 Å². The first kappa shape index (κ1) is 10.7. The van der Waals surface area contributed by atoms with E-state index in [9.17, 15) is 0 Å². The fourth-order valence-electron chi connectivity index (χ4n) is 1.46. The molecule has 0 bridgehead atoms. The zero-order chi connectivity index (χ0) is 11.5. The van der Waals surface area contributed by atoms with E-state index in [0.29, 0.717) is 17.1 Å². The van der Waals surface area contributed by atoms with Gasteiger partial charge in [0.15, 0.2) is 5.69 Å². The Morgan fingerprint density at radius 2 is 2.06 bits per heavy atom. The van der Waals surface area contributed by atoms with Crippen LogP contribution in [0.15, 0.2) is 24.3 Å². The van der Waals surface area contributed by atoms with Crippen LogP contribution in [0.5, 0.6) is 0 Å². The molecule has 1 aromatic carbocycles. The zero-order valence-electron chi connectivity index (χ0n) is 8.68. The lowest BCUT2D eigenvalue weighted by atomic mass is 10.1. The lowest BCUT2D eigenvalue weighted by molar-refractivity contribution is 0.686. The van der Waals surface area contributed by atoms with Crippen LogP contribution in [0, 0.1) is 11.3 Å². The molecule has 0 saturated heterocycles. The molecule has 80 valence electrons. The van der Waals surface area contributed by atoms with Crippen LogP contribution in [-0.4, -0.2) is 15.0 Å². The van der Waals surface area contributed by atoms with Crippen LogP contribution in [0.2, 0.25) is 5.02 Å². The minimum absolute atomic E-state index is 0.373. The molecule has 0 unspecified atom stereocenters. The number of benzene rings is 1. The molecule has 2 aromatic rings. The number of halogens is 1. The maximum Gasteiger partial charge on any atom is 0.186 e. The van der Waals surface area contributed by atoms with E-state index in [2.05, 4.69) is 10.3 Å². The van der Waals surface area contributed by atoms with Gasteiger partial charge in [0.05, 0.1) is 5.69 Å². The Labute approximate surface area is 98.1 Å². The van der Waals surface area contributed by atoms with E-state index in [1.807, 2.05) is 30.3 Å². The summed E-state index contributed by atoms with van der Waals surface area (Å²) in [6, 6.07) is 9.53. The van der Waals surface area contributed by atoms with Gasteiger partial charge in [0.1, 0.15) is 6.07 Å². The van der Waals surface area contributed by atoms with Crippen LogP contribution < -0.4 is 0 Å². The van der Waals surface area contributed by atoms with Gasteiger partial charge in [0, 0.05) is 18.5 Å². The Morgan fingerprint density at radius 1 is 1.38 bits per heavy atom. The van der Waals surface area contributed by atoms with Gasteiger partial charge in [-0.2, -0.15) is 5.26 Å². The molecule has 1 heterocycles. The van der Waals surface area contributed by atoms with Crippen molar-refractivity contribution < 1.29 is 0 Å². The Bertz CT molecular complexity index is 536. The number of hydrogen-bond acceptors (Lipinski definition) is 3. The second kappa shape index (κ2) is 4.33. The molecule has 0 radical (unpaired) electrons. The average Bonchev–Trinajstić information content (AvgIpc) is 2.63. The highest BCUT2D eigenvalue weighted by atomic mass is 35.5. The monoisotopic (exact) mass is 232 g/mol. The molecule has 16 heavy (non-hydrogen) atoms. The molecule has 0 spiro atoms. The smallest absolute Gasteiger partial charge is 0.186 e. The molecule has 0 amide bonds. The fraction of sp³-hybridized carbons (Fsp3) is 0.182. The largest absolute Gasteiger partial charge is 0.251 e. The quantitative estimate of drug-likeness (QED) is 0.795. The fourth-order valence-corrected chi connectivity index (χ4v) is 1.58. The van der Waals surface area contributed by atoms with Crippen molar-refractivity contribution in [1.29, 1.82) is 5.26 Å². The standard InChI is InChI=1S/C11H9ClN4/c1-16-11(10(7-13)14-15-16)6-8-2-4-9(12)5-3-8/h2-5H,6H2,1H3. The van der Waals surface area contributed by atoms with E-state index in [-0.39, 0.29) is 0 Å². The van der Waals surface area contributed by atoms with Gasteiger partial charge in [-0.05, 0) is 17.7 Å². The minimum atomic E-state index is 0.373. The van der Waals surface area contributed by atoms with Crippen molar-refractivity contribution in [2.45, 2.75) is 6.42 Å². The van der Waals surface area contributed by atoms with E-state index < -0.39 is 0 Å². The van der Waals surface area contributed by atoms with Crippen LogP contribution in [0.4, 0.5) is 0 Å². The molecule has 0 fully saturated rings. The van der Waals surface area contributed by atoms with Crippen molar-refractivity contribution in [3.05, 3.63) is 46.2 Å². The van der Waals surface area contributed by atoms with Crippen LogP contribution in [-0.2, 0) is 13.5 Å². The molecule has 0 saturated carbocycles. The zero-order valence-corrected chi connectivity index (χ0v) is 9.44. The summed E-state index contributed by atoms with van der Waals surface area (Å²) in [5.74, 6) is 0.